The number of piperazine rings is 1. The molecule has 1 aromatic carbocycles. The normalized spacial score (nSPS) is 14.3. The number of rotatable bonds is 2. The molecule has 130 valence electrons. The van der Waals surface area contributed by atoms with Crippen LogP contribution >= 0.6 is 23.2 Å². The third kappa shape index (κ3) is 4.21. The maximum absolute atomic E-state index is 12.3. The summed E-state index contributed by atoms with van der Waals surface area (Å²) < 4.78 is 0. The van der Waals surface area contributed by atoms with Crippen molar-refractivity contribution in [2.75, 3.05) is 36.4 Å². The van der Waals surface area contributed by atoms with Gasteiger partial charge in [-0.1, -0.05) is 29.3 Å². The van der Waals surface area contributed by atoms with Gasteiger partial charge in [0.05, 0.1) is 10.7 Å². The lowest BCUT2D eigenvalue weighted by Gasteiger charge is -2.35. The smallest absolute Gasteiger partial charge is 0.313 e. The van der Waals surface area contributed by atoms with E-state index in [4.69, 9.17) is 23.2 Å². The van der Waals surface area contributed by atoms with Gasteiger partial charge < -0.3 is 15.1 Å². The third-order valence-corrected chi connectivity index (χ3v) is 4.46. The van der Waals surface area contributed by atoms with Crippen LogP contribution in [-0.2, 0) is 9.59 Å². The molecule has 2 amide bonds. The number of hydrogen-bond donors (Lipinski definition) is 1. The molecule has 0 saturated carbocycles. The Balaban J connectivity index is 1.57. The number of nitrogens with zero attached hydrogens (tertiary/aromatic N) is 3. The van der Waals surface area contributed by atoms with Gasteiger partial charge in [-0.3, -0.25) is 9.59 Å². The first-order chi connectivity index (χ1) is 12.0. The van der Waals surface area contributed by atoms with E-state index in [1.807, 2.05) is 18.2 Å². The molecular weight excluding hydrogens is 363 g/mol. The van der Waals surface area contributed by atoms with Crippen LogP contribution in [-0.4, -0.2) is 47.9 Å². The molecule has 1 fully saturated rings. The van der Waals surface area contributed by atoms with E-state index < -0.39 is 11.8 Å². The second kappa shape index (κ2) is 7.72. The number of hydrogen-bond acceptors (Lipinski definition) is 4. The minimum absolute atomic E-state index is 0.286. The Morgan fingerprint density at radius 1 is 1.04 bits per heavy atom. The zero-order chi connectivity index (χ0) is 17.8. The summed E-state index contributed by atoms with van der Waals surface area (Å²) in [5.41, 5.74) is 0.358. The summed E-state index contributed by atoms with van der Waals surface area (Å²) in [5.74, 6) is -0.422. The van der Waals surface area contributed by atoms with Crippen LogP contribution in [0.2, 0.25) is 10.0 Å². The van der Waals surface area contributed by atoms with Crippen molar-refractivity contribution in [1.29, 1.82) is 0 Å². The average molecular weight is 379 g/mol. The summed E-state index contributed by atoms with van der Waals surface area (Å²) in [6, 6.07) is 10.4. The molecule has 0 aliphatic carbocycles. The first-order valence-electron chi connectivity index (χ1n) is 7.76. The van der Waals surface area contributed by atoms with E-state index in [1.165, 1.54) is 11.0 Å². The van der Waals surface area contributed by atoms with Gasteiger partial charge in [-0.05, 0) is 30.3 Å². The second-order valence-electron chi connectivity index (χ2n) is 5.55. The number of anilines is 2. The predicted octanol–water partition coefficient (Wildman–Crippen LogP) is 2.68. The van der Waals surface area contributed by atoms with E-state index in [9.17, 15) is 9.59 Å². The molecule has 3 rings (SSSR count). The Morgan fingerprint density at radius 2 is 1.80 bits per heavy atom. The summed E-state index contributed by atoms with van der Waals surface area (Å²) in [5, 5.41) is 3.27. The molecule has 0 atom stereocenters. The van der Waals surface area contributed by atoms with E-state index in [2.05, 4.69) is 15.2 Å². The lowest BCUT2D eigenvalue weighted by molar-refractivity contribution is -0.143. The molecule has 25 heavy (non-hydrogen) atoms. The van der Waals surface area contributed by atoms with Crippen molar-refractivity contribution >= 4 is 46.5 Å². The number of halogens is 2. The van der Waals surface area contributed by atoms with Gasteiger partial charge in [-0.25, -0.2) is 4.98 Å². The highest BCUT2D eigenvalue weighted by Gasteiger charge is 2.26. The van der Waals surface area contributed by atoms with Crippen molar-refractivity contribution in [1.82, 2.24) is 9.88 Å². The summed E-state index contributed by atoms with van der Waals surface area (Å²) in [4.78, 5) is 32.4. The molecule has 6 nitrogen and oxygen atoms in total. The van der Waals surface area contributed by atoms with Gasteiger partial charge in [0.15, 0.2) is 0 Å². The Kier molecular flexibility index (Phi) is 5.40. The largest absolute Gasteiger partial charge is 0.353 e. The Bertz CT molecular complexity index is 777. The lowest BCUT2D eigenvalue weighted by Crippen LogP contribution is -2.51. The molecule has 1 aliphatic rings. The van der Waals surface area contributed by atoms with Gasteiger partial charge in [0, 0.05) is 37.4 Å². The van der Waals surface area contributed by atoms with Crippen molar-refractivity contribution in [2.45, 2.75) is 0 Å². The van der Waals surface area contributed by atoms with Crippen LogP contribution < -0.4 is 10.2 Å². The topological polar surface area (TPSA) is 65.5 Å². The SMILES string of the molecule is O=C(Nc1ccc(Cl)cc1Cl)C(=O)N1CCN(c2ccccn2)CC1. The summed E-state index contributed by atoms with van der Waals surface area (Å²) >= 11 is 11.8. The van der Waals surface area contributed by atoms with Gasteiger partial charge >= 0.3 is 11.8 Å². The molecule has 0 unspecified atom stereocenters. The van der Waals surface area contributed by atoms with Crippen molar-refractivity contribution in [3.8, 4) is 0 Å². The fourth-order valence-electron chi connectivity index (χ4n) is 2.59. The minimum atomic E-state index is -0.712. The van der Waals surface area contributed by atoms with Crippen LogP contribution in [0.4, 0.5) is 11.5 Å². The summed E-state index contributed by atoms with van der Waals surface area (Å²) in [6.45, 7) is 2.16. The van der Waals surface area contributed by atoms with E-state index in [-0.39, 0.29) is 5.02 Å². The third-order valence-electron chi connectivity index (χ3n) is 3.91. The zero-order valence-electron chi connectivity index (χ0n) is 13.3. The first kappa shape index (κ1) is 17.5. The molecule has 0 bridgehead atoms. The monoisotopic (exact) mass is 378 g/mol. The van der Waals surface area contributed by atoms with Crippen molar-refractivity contribution in [2.24, 2.45) is 0 Å². The molecule has 8 heteroatoms. The van der Waals surface area contributed by atoms with Crippen molar-refractivity contribution < 1.29 is 9.59 Å². The van der Waals surface area contributed by atoms with Crippen molar-refractivity contribution in [3.63, 3.8) is 0 Å². The number of benzene rings is 1. The quantitative estimate of drug-likeness (QED) is 0.815. The van der Waals surface area contributed by atoms with Crippen LogP contribution in [0.1, 0.15) is 0 Å². The highest BCUT2D eigenvalue weighted by Crippen LogP contribution is 2.25. The number of carbonyl (C=O) groups is 2. The molecule has 2 aromatic rings. The second-order valence-corrected chi connectivity index (χ2v) is 6.39. The van der Waals surface area contributed by atoms with Crippen LogP contribution in [0.3, 0.4) is 0 Å². The molecule has 1 saturated heterocycles. The Morgan fingerprint density at radius 3 is 2.44 bits per heavy atom. The van der Waals surface area contributed by atoms with E-state index >= 15 is 0 Å². The van der Waals surface area contributed by atoms with Crippen LogP contribution in [0.25, 0.3) is 0 Å². The number of amides is 2. The van der Waals surface area contributed by atoms with Gasteiger partial charge in [-0.15, -0.1) is 0 Å². The standard InChI is InChI=1S/C17H16Cl2N4O2/c18-12-4-5-14(13(19)11-12)21-16(24)17(25)23-9-7-22(8-10-23)15-3-1-2-6-20-15/h1-6,11H,7-10H2,(H,21,24). The Labute approximate surface area is 155 Å². The zero-order valence-corrected chi connectivity index (χ0v) is 14.8. The van der Waals surface area contributed by atoms with E-state index in [1.54, 1.807) is 18.3 Å². The number of pyridine rings is 1. The fraction of sp³-hybridized carbons (Fsp3) is 0.235. The van der Waals surface area contributed by atoms with Crippen LogP contribution in [0, 0.1) is 0 Å². The molecule has 1 N–H and O–H groups in total. The van der Waals surface area contributed by atoms with Gasteiger partial charge in [0.1, 0.15) is 5.82 Å². The van der Waals surface area contributed by atoms with E-state index in [0.29, 0.717) is 36.9 Å². The van der Waals surface area contributed by atoms with Crippen LogP contribution in [0.15, 0.2) is 42.6 Å². The summed E-state index contributed by atoms with van der Waals surface area (Å²) in [6.07, 6.45) is 1.73. The van der Waals surface area contributed by atoms with Gasteiger partial charge in [-0.2, -0.15) is 0 Å². The highest BCUT2D eigenvalue weighted by molar-refractivity contribution is 6.42. The number of carbonyl (C=O) groups excluding carboxylic acids is 2. The molecule has 1 aromatic heterocycles. The summed E-state index contributed by atoms with van der Waals surface area (Å²) in [7, 11) is 0. The first-order valence-corrected chi connectivity index (χ1v) is 8.51. The highest BCUT2D eigenvalue weighted by atomic mass is 35.5. The molecule has 2 heterocycles. The van der Waals surface area contributed by atoms with Crippen molar-refractivity contribution in [3.05, 3.63) is 52.6 Å². The lowest BCUT2D eigenvalue weighted by atomic mass is 10.2. The minimum Gasteiger partial charge on any atom is -0.353 e. The van der Waals surface area contributed by atoms with E-state index in [0.717, 1.165) is 5.82 Å². The molecular formula is C17H16Cl2N4O2. The number of nitrogens with one attached hydrogen (secondary N) is 1. The number of aromatic nitrogens is 1. The van der Waals surface area contributed by atoms with Crippen LogP contribution in [0.5, 0.6) is 0 Å². The molecule has 0 radical (unpaired) electrons. The molecule has 1 aliphatic heterocycles. The van der Waals surface area contributed by atoms with Gasteiger partial charge in [0.25, 0.3) is 0 Å². The fourth-order valence-corrected chi connectivity index (χ4v) is 3.05. The average Bonchev–Trinajstić information content (AvgIpc) is 2.64. The Hall–Kier alpha value is -2.31. The predicted molar refractivity (Wildman–Crippen MR) is 98.1 cm³/mol. The maximum Gasteiger partial charge on any atom is 0.313 e. The maximum atomic E-state index is 12.3. The molecule has 0 spiro atoms. The van der Waals surface area contributed by atoms with Gasteiger partial charge in [0.2, 0.25) is 0 Å².